The Morgan fingerprint density at radius 1 is 1.05 bits per heavy atom. The molecule has 1 unspecified atom stereocenters. The fourth-order valence-corrected chi connectivity index (χ4v) is 3.42. The predicted octanol–water partition coefficient (Wildman–Crippen LogP) is 4.56. The Kier molecular flexibility index (Phi) is 4.74. The van der Waals surface area contributed by atoms with Gasteiger partial charge < -0.3 is 5.73 Å². The molecule has 2 N–H and O–H groups in total. The summed E-state index contributed by atoms with van der Waals surface area (Å²) < 4.78 is 37.4. The van der Waals surface area contributed by atoms with Crippen LogP contribution < -0.4 is 5.73 Å². The molecule has 1 aromatic carbocycles. The zero-order valence-electron chi connectivity index (χ0n) is 11.6. The molecule has 2 rings (SSSR count). The van der Waals surface area contributed by atoms with Crippen molar-refractivity contribution >= 4 is 0 Å². The van der Waals surface area contributed by atoms with Crippen molar-refractivity contribution in [2.75, 3.05) is 0 Å². The van der Waals surface area contributed by atoms with E-state index in [9.17, 15) is 13.2 Å². The van der Waals surface area contributed by atoms with Gasteiger partial charge in [-0.15, -0.1) is 0 Å². The number of alkyl halides is 3. The first-order valence-corrected chi connectivity index (χ1v) is 7.32. The van der Waals surface area contributed by atoms with Crippen molar-refractivity contribution in [3.8, 4) is 0 Å². The standard InChI is InChI=1S/C16H22F3N/c17-16(18,19)12-9-14(20)15(10-5-2-6-11-15)13-7-3-1-4-8-13/h1,3-4,7-8,14H,2,5-6,9-12,20H2. The molecule has 1 aromatic rings. The highest BCUT2D eigenvalue weighted by Gasteiger charge is 2.40. The van der Waals surface area contributed by atoms with E-state index >= 15 is 0 Å². The summed E-state index contributed by atoms with van der Waals surface area (Å²) in [6.45, 7) is 0. The Morgan fingerprint density at radius 3 is 2.20 bits per heavy atom. The monoisotopic (exact) mass is 285 g/mol. The maximum Gasteiger partial charge on any atom is 0.389 e. The lowest BCUT2D eigenvalue weighted by Crippen LogP contribution is -2.47. The molecule has 4 heteroatoms. The minimum absolute atomic E-state index is 0.0123. The second-order valence-electron chi connectivity index (χ2n) is 5.84. The fraction of sp³-hybridized carbons (Fsp3) is 0.625. The van der Waals surface area contributed by atoms with E-state index in [1.807, 2.05) is 30.3 Å². The Bertz CT molecular complexity index is 407. The van der Waals surface area contributed by atoms with Crippen LogP contribution in [0.2, 0.25) is 0 Å². The third-order valence-electron chi connectivity index (χ3n) is 4.54. The number of hydrogen-bond acceptors (Lipinski definition) is 1. The van der Waals surface area contributed by atoms with Crippen molar-refractivity contribution in [2.24, 2.45) is 5.73 Å². The summed E-state index contributed by atoms with van der Waals surface area (Å²) >= 11 is 0. The highest BCUT2D eigenvalue weighted by atomic mass is 19.4. The Morgan fingerprint density at radius 2 is 1.65 bits per heavy atom. The molecule has 1 fully saturated rings. The van der Waals surface area contributed by atoms with Crippen LogP contribution in [0.15, 0.2) is 30.3 Å². The zero-order valence-corrected chi connectivity index (χ0v) is 11.6. The van der Waals surface area contributed by atoms with E-state index in [1.165, 1.54) is 0 Å². The maximum absolute atomic E-state index is 12.5. The largest absolute Gasteiger partial charge is 0.389 e. The third-order valence-corrected chi connectivity index (χ3v) is 4.54. The van der Waals surface area contributed by atoms with Crippen LogP contribution in [0, 0.1) is 0 Å². The molecule has 0 saturated heterocycles. The van der Waals surface area contributed by atoms with Gasteiger partial charge in [0, 0.05) is 17.9 Å². The highest BCUT2D eigenvalue weighted by molar-refractivity contribution is 5.28. The van der Waals surface area contributed by atoms with Gasteiger partial charge in [-0.05, 0) is 24.8 Å². The van der Waals surface area contributed by atoms with Crippen LogP contribution in [0.4, 0.5) is 13.2 Å². The SMILES string of the molecule is NC(CCC(F)(F)F)C1(c2ccccc2)CCCCC1. The van der Waals surface area contributed by atoms with Gasteiger partial charge in [0.2, 0.25) is 0 Å². The van der Waals surface area contributed by atoms with E-state index in [1.54, 1.807) is 0 Å². The van der Waals surface area contributed by atoms with Crippen molar-refractivity contribution < 1.29 is 13.2 Å². The summed E-state index contributed by atoms with van der Waals surface area (Å²) in [6.07, 6.45) is 0.154. The molecule has 0 radical (unpaired) electrons. The first kappa shape index (κ1) is 15.4. The Hall–Kier alpha value is -1.03. The van der Waals surface area contributed by atoms with Gasteiger partial charge in [0.15, 0.2) is 0 Å². The van der Waals surface area contributed by atoms with Crippen LogP contribution >= 0.6 is 0 Å². The van der Waals surface area contributed by atoms with Crippen LogP contribution in [-0.4, -0.2) is 12.2 Å². The van der Waals surface area contributed by atoms with Gasteiger partial charge in [0.05, 0.1) is 0 Å². The van der Waals surface area contributed by atoms with E-state index in [2.05, 4.69) is 0 Å². The molecule has 0 heterocycles. The number of rotatable bonds is 4. The molecule has 1 nitrogen and oxygen atoms in total. The summed E-state index contributed by atoms with van der Waals surface area (Å²) in [5.74, 6) is 0. The van der Waals surface area contributed by atoms with Gasteiger partial charge in [0.1, 0.15) is 0 Å². The minimum atomic E-state index is -4.12. The smallest absolute Gasteiger partial charge is 0.327 e. The lowest BCUT2D eigenvalue weighted by atomic mass is 9.64. The maximum atomic E-state index is 12.5. The second-order valence-corrected chi connectivity index (χ2v) is 5.84. The molecule has 0 amide bonds. The summed E-state index contributed by atoms with van der Waals surface area (Å²) in [4.78, 5) is 0. The van der Waals surface area contributed by atoms with Crippen LogP contribution in [-0.2, 0) is 5.41 Å². The van der Waals surface area contributed by atoms with E-state index in [0.717, 1.165) is 37.7 Å². The molecule has 0 aliphatic heterocycles. The molecular weight excluding hydrogens is 263 g/mol. The number of hydrogen-bond donors (Lipinski definition) is 1. The number of halogens is 3. The first-order valence-electron chi connectivity index (χ1n) is 7.32. The molecule has 0 aromatic heterocycles. The molecule has 1 saturated carbocycles. The summed E-state index contributed by atoms with van der Waals surface area (Å²) in [5.41, 5.74) is 7.06. The van der Waals surface area contributed by atoms with Crippen molar-refractivity contribution in [3.05, 3.63) is 35.9 Å². The highest BCUT2D eigenvalue weighted by Crippen LogP contribution is 2.43. The van der Waals surface area contributed by atoms with Crippen molar-refractivity contribution in [3.63, 3.8) is 0 Å². The quantitative estimate of drug-likeness (QED) is 0.862. The van der Waals surface area contributed by atoms with Gasteiger partial charge in [-0.2, -0.15) is 13.2 Å². The molecule has 1 atom stereocenters. The van der Waals surface area contributed by atoms with Crippen molar-refractivity contribution in [1.82, 2.24) is 0 Å². The van der Waals surface area contributed by atoms with Crippen LogP contribution in [0.1, 0.15) is 50.5 Å². The van der Waals surface area contributed by atoms with Gasteiger partial charge in [-0.3, -0.25) is 0 Å². The molecular formula is C16H22F3N. The van der Waals surface area contributed by atoms with E-state index < -0.39 is 18.6 Å². The number of benzene rings is 1. The van der Waals surface area contributed by atoms with Gasteiger partial charge in [-0.25, -0.2) is 0 Å². The molecule has 1 aliphatic carbocycles. The summed E-state index contributed by atoms with van der Waals surface area (Å²) in [5, 5.41) is 0. The average molecular weight is 285 g/mol. The lowest BCUT2D eigenvalue weighted by Gasteiger charge is -2.43. The normalized spacial score (nSPS) is 20.6. The van der Waals surface area contributed by atoms with Crippen LogP contribution in [0.5, 0.6) is 0 Å². The van der Waals surface area contributed by atoms with E-state index in [-0.39, 0.29) is 11.8 Å². The Labute approximate surface area is 118 Å². The third kappa shape index (κ3) is 3.54. The summed E-state index contributed by atoms with van der Waals surface area (Å²) in [7, 11) is 0. The first-order chi connectivity index (χ1) is 9.44. The van der Waals surface area contributed by atoms with E-state index in [4.69, 9.17) is 5.73 Å². The second kappa shape index (κ2) is 6.17. The Balaban J connectivity index is 2.19. The molecule has 0 spiro atoms. The fourth-order valence-electron chi connectivity index (χ4n) is 3.42. The zero-order chi connectivity index (χ0) is 14.6. The molecule has 1 aliphatic rings. The van der Waals surface area contributed by atoms with Gasteiger partial charge in [-0.1, -0.05) is 49.6 Å². The topological polar surface area (TPSA) is 26.0 Å². The predicted molar refractivity (Wildman–Crippen MR) is 74.5 cm³/mol. The lowest BCUT2D eigenvalue weighted by molar-refractivity contribution is -0.137. The average Bonchev–Trinajstić information content (AvgIpc) is 2.45. The minimum Gasteiger partial charge on any atom is -0.327 e. The van der Waals surface area contributed by atoms with Crippen molar-refractivity contribution in [2.45, 2.75) is 62.6 Å². The van der Waals surface area contributed by atoms with Crippen molar-refractivity contribution in [1.29, 1.82) is 0 Å². The molecule has 0 bridgehead atoms. The molecule has 112 valence electrons. The number of nitrogens with two attached hydrogens (primary N) is 1. The van der Waals surface area contributed by atoms with Gasteiger partial charge in [0.25, 0.3) is 0 Å². The van der Waals surface area contributed by atoms with Crippen LogP contribution in [0.25, 0.3) is 0 Å². The molecule has 20 heavy (non-hydrogen) atoms. The van der Waals surface area contributed by atoms with E-state index in [0.29, 0.717) is 0 Å². The van der Waals surface area contributed by atoms with Gasteiger partial charge >= 0.3 is 6.18 Å². The summed E-state index contributed by atoms with van der Waals surface area (Å²) in [6, 6.07) is 9.43. The van der Waals surface area contributed by atoms with Crippen LogP contribution in [0.3, 0.4) is 0 Å².